The van der Waals surface area contributed by atoms with Crippen LogP contribution in [0.2, 0.25) is 5.02 Å². The molecule has 3 rings (SSSR count). The van der Waals surface area contributed by atoms with Crippen molar-refractivity contribution >= 4 is 23.6 Å². The molecule has 0 bridgehead atoms. The minimum atomic E-state index is -0.478. The summed E-state index contributed by atoms with van der Waals surface area (Å²) < 4.78 is 7.28. The molecular weight excluding hydrogens is 454 g/mol. The number of nitrogens with one attached hydrogen (secondary N) is 1. The molecule has 1 aromatic carbocycles. The number of amides is 2. The molecule has 0 aliphatic carbocycles. The normalized spacial score (nSPS) is 14.8. The van der Waals surface area contributed by atoms with Crippen LogP contribution in [0.3, 0.4) is 0 Å². The highest BCUT2D eigenvalue weighted by atomic mass is 35.5. The van der Waals surface area contributed by atoms with Crippen LogP contribution in [0.25, 0.3) is 0 Å². The molecule has 186 valence electrons. The number of aryl methyl sites for hydroxylation is 1. The van der Waals surface area contributed by atoms with E-state index >= 15 is 0 Å². The summed E-state index contributed by atoms with van der Waals surface area (Å²) in [6.45, 7) is 14.3. The van der Waals surface area contributed by atoms with Gasteiger partial charge in [-0.25, -0.2) is 4.79 Å². The summed E-state index contributed by atoms with van der Waals surface area (Å²) in [5.74, 6) is -0.102. The monoisotopic (exact) mass is 489 g/mol. The molecule has 1 aliphatic rings. The van der Waals surface area contributed by atoms with Crippen molar-refractivity contribution in [3.63, 3.8) is 0 Å². The van der Waals surface area contributed by atoms with Gasteiger partial charge < -0.3 is 15.0 Å². The van der Waals surface area contributed by atoms with Crippen molar-refractivity contribution in [2.45, 2.75) is 53.2 Å². The van der Waals surface area contributed by atoms with E-state index in [0.29, 0.717) is 42.5 Å². The van der Waals surface area contributed by atoms with Crippen molar-refractivity contribution < 1.29 is 14.3 Å². The van der Waals surface area contributed by atoms with E-state index < -0.39 is 5.60 Å². The van der Waals surface area contributed by atoms with E-state index in [2.05, 4.69) is 15.3 Å². The highest BCUT2D eigenvalue weighted by Crippen LogP contribution is 2.19. The lowest BCUT2D eigenvalue weighted by Crippen LogP contribution is -2.50. The van der Waals surface area contributed by atoms with E-state index in [1.807, 2.05) is 63.6 Å². The number of aromatic nitrogens is 2. The van der Waals surface area contributed by atoms with E-state index in [9.17, 15) is 9.59 Å². The number of carbonyl (C=O) groups is 2. The Morgan fingerprint density at radius 3 is 2.44 bits per heavy atom. The second-order valence-corrected chi connectivity index (χ2v) is 10.1. The fraction of sp³-hybridized carbons (Fsp3) is 0.560. The maximum atomic E-state index is 12.8. The number of hydrogen-bond acceptors (Lipinski definition) is 5. The highest BCUT2D eigenvalue weighted by molar-refractivity contribution is 6.31. The van der Waals surface area contributed by atoms with Gasteiger partial charge in [0.05, 0.1) is 17.8 Å². The molecule has 0 radical (unpaired) electrons. The van der Waals surface area contributed by atoms with Crippen LogP contribution >= 0.6 is 11.6 Å². The van der Waals surface area contributed by atoms with Crippen LogP contribution in [0.4, 0.5) is 4.79 Å². The number of hydrogen-bond donors (Lipinski definition) is 1. The predicted molar refractivity (Wildman–Crippen MR) is 133 cm³/mol. The van der Waals surface area contributed by atoms with Crippen LogP contribution in [-0.4, -0.2) is 76.5 Å². The Hall–Kier alpha value is -2.58. The number of piperazine rings is 1. The third-order valence-corrected chi connectivity index (χ3v) is 6.22. The van der Waals surface area contributed by atoms with Crippen molar-refractivity contribution in [3.05, 3.63) is 51.8 Å². The Labute approximate surface area is 207 Å². The maximum absolute atomic E-state index is 12.8. The molecule has 1 N–H and O–H groups in total. The Bertz CT molecular complexity index is 1010. The largest absolute Gasteiger partial charge is 0.444 e. The molecular formula is C25H36ClN5O3. The number of nitrogens with zero attached hydrogens (tertiary/aromatic N) is 4. The van der Waals surface area contributed by atoms with Gasteiger partial charge in [0.2, 0.25) is 0 Å². The van der Waals surface area contributed by atoms with Crippen molar-refractivity contribution in [2.75, 3.05) is 39.3 Å². The van der Waals surface area contributed by atoms with Gasteiger partial charge in [-0.05, 0) is 59.2 Å². The van der Waals surface area contributed by atoms with E-state index in [1.54, 1.807) is 4.90 Å². The SMILES string of the molecule is Cc1nn(Cc2ccccc2Cl)c(C)c1C(=O)NCCCN1CCN(C(=O)OC(C)(C)C)CC1. The van der Waals surface area contributed by atoms with Crippen LogP contribution in [-0.2, 0) is 11.3 Å². The summed E-state index contributed by atoms with van der Waals surface area (Å²) in [7, 11) is 0. The van der Waals surface area contributed by atoms with Crippen LogP contribution < -0.4 is 5.32 Å². The molecule has 0 saturated carbocycles. The third-order valence-electron chi connectivity index (χ3n) is 5.85. The number of ether oxygens (including phenoxy) is 1. The Morgan fingerprint density at radius 1 is 1.12 bits per heavy atom. The lowest BCUT2D eigenvalue weighted by molar-refractivity contribution is 0.0144. The zero-order valence-electron chi connectivity index (χ0n) is 20.9. The van der Waals surface area contributed by atoms with Crippen LogP contribution in [0, 0.1) is 13.8 Å². The van der Waals surface area contributed by atoms with Gasteiger partial charge in [-0.15, -0.1) is 0 Å². The van der Waals surface area contributed by atoms with E-state index in [0.717, 1.165) is 37.3 Å². The second-order valence-electron chi connectivity index (χ2n) is 9.71. The van der Waals surface area contributed by atoms with Gasteiger partial charge in [0.25, 0.3) is 5.91 Å². The van der Waals surface area contributed by atoms with Crippen LogP contribution in [0.1, 0.15) is 54.5 Å². The minimum absolute atomic E-state index is 0.102. The zero-order valence-corrected chi connectivity index (χ0v) is 21.6. The summed E-state index contributed by atoms with van der Waals surface area (Å²) >= 11 is 6.28. The molecule has 0 atom stereocenters. The summed E-state index contributed by atoms with van der Waals surface area (Å²) in [6.07, 6.45) is 0.588. The molecule has 1 aliphatic heterocycles. The zero-order chi connectivity index (χ0) is 24.9. The Kier molecular flexibility index (Phi) is 8.60. The molecule has 8 nitrogen and oxygen atoms in total. The first-order valence-corrected chi connectivity index (χ1v) is 12.2. The number of halogens is 1. The molecule has 0 spiro atoms. The first-order valence-electron chi connectivity index (χ1n) is 11.8. The smallest absolute Gasteiger partial charge is 0.410 e. The van der Waals surface area contributed by atoms with E-state index in [-0.39, 0.29) is 12.0 Å². The molecule has 1 saturated heterocycles. The minimum Gasteiger partial charge on any atom is -0.444 e. The number of rotatable bonds is 7. The van der Waals surface area contributed by atoms with Gasteiger partial charge in [-0.1, -0.05) is 29.8 Å². The van der Waals surface area contributed by atoms with Crippen molar-refractivity contribution in [1.82, 2.24) is 24.9 Å². The number of carbonyl (C=O) groups excluding carboxylic acids is 2. The average Bonchev–Trinajstić information content (AvgIpc) is 3.05. The number of benzene rings is 1. The molecule has 2 heterocycles. The Morgan fingerprint density at radius 2 is 1.79 bits per heavy atom. The molecule has 1 aromatic heterocycles. The average molecular weight is 490 g/mol. The topological polar surface area (TPSA) is 79.7 Å². The lowest BCUT2D eigenvalue weighted by Gasteiger charge is -2.35. The van der Waals surface area contributed by atoms with Crippen molar-refractivity contribution in [2.24, 2.45) is 0 Å². The van der Waals surface area contributed by atoms with Gasteiger partial charge in [0.1, 0.15) is 5.60 Å². The first-order chi connectivity index (χ1) is 16.0. The van der Waals surface area contributed by atoms with Gasteiger partial charge in [-0.2, -0.15) is 5.10 Å². The quantitative estimate of drug-likeness (QED) is 0.597. The fourth-order valence-electron chi connectivity index (χ4n) is 4.04. The van der Waals surface area contributed by atoms with Gasteiger partial charge in [-0.3, -0.25) is 14.4 Å². The highest BCUT2D eigenvalue weighted by Gasteiger charge is 2.25. The molecule has 9 heteroatoms. The van der Waals surface area contributed by atoms with Crippen LogP contribution in [0.15, 0.2) is 24.3 Å². The Balaban J connectivity index is 1.43. The van der Waals surface area contributed by atoms with Crippen LogP contribution in [0.5, 0.6) is 0 Å². The van der Waals surface area contributed by atoms with Gasteiger partial charge >= 0.3 is 6.09 Å². The summed E-state index contributed by atoms with van der Waals surface area (Å²) in [5, 5.41) is 8.28. The van der Waals surface area contributed by atoms with E-state index in [1.165, 1.54) is 0 Å². The fourth-order valence-corrected chi connectivity index (χ4v) is 4.24. The lowest BCUT2D eigenvalue weighted by atomic mass is 10.1. The standard InChI is InChI=1S/C25H36ClN5O3/c1-18-22(19(2)31(28-18)17-20-9-6-7-10-21(20)26)23(32)27-11-8-12-29-13-15-30(16-14-29)24(33)34-25(3,4)5/h6-7,9-10H,8,11-17H2,1-5H3,(H,27,32). The molecule has 1 fully saturated rings. The maximum Gasteiger partial charge on any atom is 0.410 e. The molecule has 2 aromatic rings. The molecule has 2 amide bonds. The predicted octanol–water partition coefficient (Wildman–Crippen LogP) is 3.87. The molecule has 0 unspecified atom stereocenters. The third kappa shape index (κ3) is 6.96. The summed E-state index contributed by atoms with van der Waals surface area (Å²) in [6, 6.07) is 7.66. The summed E-state index contributed by atoms with van der Waals surface area (Å²) in [5.41, 5.74) is 2.65. The first kappa shape index (κ1) is 26.0. The summed E-state index contributed by atoms with van der Waals surface area (Å²) in [4.78, 5) is 29.1. The van der Waals surface area contributed by atoms with E-state index in [4.69, 9.17) is 16.3 Å². The molecule has 34 heavy (non-hydrogen) atoms. The van der Waals surface area contributed by atoms with Crippen molar-refractivity contribution in [1.29, 1.82) is 0 Å². The van der Waals surface area contributed by atoms with Gasteiger partial charge in [0, 0.05) is 43.4 Å². The van der Waals surface area contributed by atoms with Crippen molar-refractivity contribution in [3.8, 4) is 0 Å². The second kappa shape index (κ2) is 11.2. The van der Waals surface area contributed by atoms with Gasteiger partial charge in [0.15, 0.2) is 0 Å².